The molecule has 35 nitrogen and oxygen atoms in total. The number of hydrogen-bond donors (Lipinski definition) is 18. The van der Waals surface area contributed by atoms with Crippen molar-refractivity contribution in [2.45, 2.75) is 190 Å². The van der Waals surface area contributed by atoms with Gasteiger partial charge in [-0.15, -0.1) is 0 Å². The second kappa shape index (κ2) is 41.0. The number of nitrogens with two attached hydrogens (primary N) is 6. The van der Waals surface area contributed by atoms with E-state index in [0.29, 0.717) is 30.4 Å². The number of aliphatic imine (C=N–C) groups is 2. The van der Waals surface area contributed by atoms with Crippen molar-refractivity contribution in [3.63, 3.8) is 0 Å². The number of nitrogens with zero attached hydrogens (tertiary/aromatic N) is 3. The molecule has 1 unspecified atom stereocenters. The van der Waals surface area contributed by atoms with Crippen LogP contribution in [-0.4, -0.2) is 197 Å². The van der Waals surface area contributed by atoms with E-state index in [1.807, 2.05) is 25.1 Å². The van der Waals surface area contributed by atoms with Gasteiger partial charge in [-0.05, 0) is 87.8 Å². The number of guanidine groups is 2. The van der Waals surface area contributed by atoms with Crippen molar-refractivity contribution in [2.24, 2.45) is 44.4 Å². The Hall–Kier alpha value is -10.5. The summed E-state index contributed by atoms with van der Waals surface area (Å²) in [7, 11) is 0. The van der Waals surface area contributed by atoms with Crippen molar-refractivity contribution in [3.05, 3.63) is 71.9 Å². The first-order chi connectivity index (χ1) is 47.2. The molecule has 10 atom stereocenters. The number of H-pyrrole nitrogens is 1. The normalized spacial score (nSPS) is 20.9. The van der Waals surface area contributed by atoms with Crippen LogP contribution in [0, 0.1) is 0 Å². The van der Waals surface area contributed by atoms with E-state index in [1.54, 1.807) is 42.6 Å². The lowest BCUT2D eigenvalue weighted by Gasteiger charge is -2.31. The highest BCUT2D eigenvalue weighted by atomic mass is 16.7. The first kappa shape index (κ1) is 79.2. The van der Waals surface area contributed by atoms with Gasteiger partial charge in [-0.25, -0.2) is 0 Å². The van der Waals surface area contributed by atoms with Crippen molar-refractivity contribution in [3.8, 4) is 0 Å². The van der Waals surface area contributed by atoms with Crippen molar-refractivity contribution >= 4 is 99.7 Å². The van der Waals surface area contributed by atoms with Gasteiger partial charge in [-0.1, -0.05) is 68.3 Å². The average Bonchev–Trinajstić information content (AvgIpc) is 1.70. The van der Waals surface area contributed by atoms with Crippen LogP contribution in [0.5, 0.6) is 0 Å². The number of aromatic nitrogens is 1. The molecule has 3 aromatic rings. The zero-order chi connectivity index (χ0) is 72.6. The molecule has 99 heavy (non-hydrogen) atoms. The minimum atomic E-state index is -1.66. The number of hydrogen-bond acceptors (Lipinski definition) is 18. The maximum absolute atomic E-state index is 15.1. The highest BCUT2D eigenvalue weighted by Crippen LogP contribution is 2.23. The smallest absolute Gasteiger partial charge is 0.324 e. The Kier molecular flexibility index (Phi) is 32.8. The summed E-state index contributed by atoms with van der Waals surface area (Å²) in [6.45, 7) is 1.94. The Morgan fingerprint density at radius 3 is 1.99 bits per heavy atom. The summed E-state index contributed by atoms with van der Waals surface area (Å²) >= 11 is 0. The first-order valence-corrected chi connectivity index (χ1v) is 33.1. The van der Waals surface area contributed by atoms with Gasteiger partial charge in [-0.2, -0.15) is 5.48 Å². The highest BCUT2D eigenvalue weighted by Gasteiger charge is 2.44. The molecule has 0 saturated carbocycles. The molecule has 0 bridgehead atoms. The summed E-state index contributed by atoms with van der Waals surface area (Å²) < 4.78 is 0. The number of rotatable bonds is 29. The summed E-state index contributed by atoms with van der Waals surface area (Å²) in [5.41, 5.74) is 37.7. The maximum atomic E-state index is 15.1. The van der Waals surface area contributed by atoms with Crippen molar-refractivity contribution in [2.75, 3.05) is 32.7 Å². The molecule has 3 heterocycles. The van der Waals surface area contributed by atoms with Gasteiger partial charge < -0.3 is 102 Å². The van der Waals surface area contributed by atoms with Crippen molar-refractivity contribution < 1.29 is 72.3 Å². The second-order valence-corrected chi connectivity index (χ2v) is 24.3. The number of aliphatic hydroxyl groups excluding tert-OH is 1. The molecule has 2 aliphatic rings. The van der Waals surface area contributed by atoms with E-state index in [0.717, 1.165) is 22.7 Å². The minimum Gasteiger partial charge on any atom is -0.391 e. The van der Waals surface area contributed by atoms with Crippen molar-refractivity contribution in [1.29, 1.82) is 0 Å². The molecule has 542 valence electrons. The van der Waals surface area contributed by atoms with E-state index in [-0.39, 0.29) is 115 Å². The number of aliphatic hydroxyl groups is 1. The van der Waals surface area contributed by atoms with E-state index in [1.165, 1.54) is 0 Å². The quantitative estimate of drug-likeness (QED) is 0.0177. The third-order valence-electron chi connectivity index (χ3n) is 16.3. The zero-order valence-electron chi connectivity index (χ0n) is 55.8. The van der Waals surface area contributed by atoms with Crippen LogP contribution < -0.4 is 87.7 Å². The molecule has 0 aliphatic carbocycles. The Labute approximate surface area is 572 Å². The molecule has 35 heteroatoms. The Bertz CT molecular complexity index is 3340. The summed E-state index contributed by atoms with van der Waals surface area (Å²) in [6.07, 6.45) is 0.0964. The molecule has 24 N–H and O–H groups in total. The topological polar surface area (TPSA) is 572 Å². The number of primary amides is 2. The minimum absolute atomic E-state index is 0.000502. The lowest BCUT2D eigenvalue weighted by atomic mass is 10.0. The zero-order valence-corrected chi connectivity index (χ0v) is 55.8. The largest absolute Gasteiger partial charge is 0.391 e. The van der Waals surface area contributed by atoms with Crippen LogP contribution >= 0.6 is 0 Å². The van der Waals surface area contributed by atoms with E-state index in [9.17, 15) is 62.6 Å². The predicted octanol–water partition coefficient (Wildman–Crippen LogP) is -4.62. The molecule has 0 spiro atoms. The molecule has 2 saturated heterocycles. The standard InChI is InChI=1S/C64H96N20O15/c1-3-4-18-44(77-52(88)34-74-55(91)43(21-10-12-27-71-63(67)68)79-58(94)46(76-36(2)85)23-25-51(65)87)56(92)81-47-24-26-53(89)99-75-29-13-11-20-42(54(66)90)78-60(96)49(31-38-33-73-41-19-9-8-17-40(38)41)82-57(93)45(22-14-28-72-64(69)70)80-59(95)48(30-37-15-6-5-7-16-37)83-61(97)50-32-39(86)35-84(50)62(47)98/h5-9,15-17,19,33,39,42-50,73,75,86H,3-4,10-14,18,20-32,34-35H2,1-2H3,(H2,65,87)(H2,66,90)(H,74,91)(H,76,85)(H,77,88)(H,78,96)(H,79,94)(H,80,95)(H,81,92)(H,82,93)(H,83,97)(H4,67,68,71)(H4,69,70,72)/t39?,42-,43-,44-,45-,46-,47-,48+,49-,50-/m0/s1. The van der Waals surface area contributed by atoms with E-state index >= 15 is 4.79 Å². The highest BCUT2D eigenvalue weighted by molar-refractivity contribution is 5.99. The van der Waals surface area contributed by atoms with Gasteiger partial charge in [0.2, 0.25) is 70.9 Å². The number of unbranched alkanes of at least 4 members (excludes halogenated alkanes) is 2. The van der Waals surface area contributed by atoms with E-state index in [4.69, 9.17) is 39.2 Å². The molecule has 1 aromatic heterocycles. The number of aromatic amines is 1. The number of nitrogens with one attached hydrogen (secondary N) is 11. The number of hydroxylamine groups is 1. The number of carbonyl (C=O) groups excluding carboxylic acids is 13. The lowest BCUT2D eigenvalue weighted by Crippen LogP contribution is -2.60. The number of carbonyl (C=O) groups is 13. The molecule has 2 aliphatic heterocycles. The van der Waals surface area contributed by atoms with Crippen LogP contribution in [0.25, 0.3) is 10.9 Å². The first-order valence-electron chi connectivity index (χ1n) is 33.1. The van der Waals surface area contributed by atoms with Gasteiger partial charge in [0.05, 0.1) is 12.6 Å². The number of para-hydroxylation sites is 1. The van der Waals surface area contributed by atoms with Crippen LogP contribution in [0.3, 0.4) is 0 Å². The van der Waals surface area contributed by atoms with E-state index < -0.39 is 163 Å². The molecule has 2 fully saturated rings. The molecular formula is C64H96N20O15. The van der Waals surface area contributed by atoms with Crippen molar-refractivity contribution in [1.82, 2.24) is 63.2 Å². The Balaban J connectivity index is 1.45. The Morgan fingerprint density at radius 1 is 0.677 bits per heavy atom. The molecule has 2 aromatic carbocycles. The fourth-order valence-electron chi connectivity index (χ4n) is 11.2. The van der Waals surface area contributed by atoms with Gasteiger partial charge in [0.25, 0.3) is 0 Å². The lowest BCUT2D eigenvalue weighted by molar-refractivity contribution is -0.152. The fourth-order valence-corrected chi connectivity index (χ4v) is 11.2. The number of amides is 12. The molecule has 12 amide bonds. The summed E-state index contributed by atoms with van der Waals surface area (Å²) in [6, 6.07) is 2.97. The van der Waals surface area contributed by atoms with Gasteiger partial charge in [0.15, 0.2) is 11.9 Å². The van der Waals surface area contributed by atoms with Gasteiger partial charge in [0.1, 0.15) is 54.4 Å². The third kappa shape index (κ3) is 27.5. The summed E-state index contributed by atoms with van der Waals surface area (Å²) in [5, 5.41) is 35.5. The summed E-state index contributed by atoms with van der Waals surface area (Å²) in [4.78, 5) is 197. The Morgan fingerprint density at radius 2 is 1.30 bits per heavy atom. The monoisotopic (exact) mass is 1380 g/mol. The van der Waals surface area contributed by atoms with E-state index in [2.05, 4.69) is 68.3 Å². The van der Waals surface area contributed by atoms with Gasteiger partial charge in [-0.3, -0.25) is 72.3 Å². The van der Waals surface area contributed by atoms with Crippen LogP contribution in [-0.2, 0) is 80.0 Å². The molecule has 5 rings (SSSR count). The molecule has 0 radical (unpaired) electrons. The number of fused-ring (bicyclic) bond motifs is 2. The maximum Gasteiger partial charge on any atom is 0.324 e. The number of benzene rings is 2. The average molecular weight is 1390 g/mol. The van der Waals surface area contributed by atoms with Crippen LogP contribution in [0.4, 0.5) is 0 Å². The molecular weight excluding hydrogens is 1290 g/mol. The predicted molar refractivity (Wildman–Crippen MR) is 361 cm³/mol. The fraction of sp³-hybridized carbons (Fsp3) is 0.547. The third-order valence-corrected chi connectivity index (χ3v) is 16.3. The van der Waals surface area contributed by atoms with Gasteiger partial charge in [0, 0.05) is 82.3 Å². The SMILES string of the molecule is CCCC[C@H](NC(=O)CNC(=O)[C@H](CCCCN=C(N)N)NC(=O)[C@H](CCC(N)=O)NC(C)=O)C(=O)N[C@H]1CCC(=O)ONCCCC[C@@H](C(N)=O)NC(=O)[C@H](Cc2c[nH]c3ccccc23)NC(=O)[C@H](CCCN=C(N)N)NC(=O)[C@@H](Cc2ccccc2)NC(=O)[C@@H]2CC(O)CN2C1=O. The van der Waals surface area contributed by atoms with Crippen LogP contribution in [0.2, 0.25) is 0 Å². The van der Waals surface area contributed by atoms with Crippen LogP contribution in [0.15, 0.2) is 70.8 Å². The van der Waals surface area contributed by atoms with Crippen LogP contribution in [0.1, 0.15) is 128 Å². The summed E-state index contributed by atoms with van der Waals surface area (Å²) in [5.74, 6) is -11.5. The second-order valence-electron chi connectivity index (χ2n) is 24.3. The van der Waals surface area contributed by atoms with Gasteiger partial charge >= 0.3 is 5.97 Å².